The molecule has 1 aromatic heterocycles. The topological polar surface area (TPSA) is 47.1 Å². The van der Waals surface area contributed by atoms with E-state index in [0.717, 1.165) is 25.1 Å². The average molecular weight is 264 g/mol. The van der Waals surface area contributed by atoms with Crippen LogP contribution in [0, 0.1) is 0 Å². The van der Waals surface area contributed by atoms with Gasteiger partial charge in [-0.25, -0.2) is 0 Å². The maximum absolute atomic E-state index is 6.24. The van der Waals surface area contributed by atoms with Crippen molar-refractivity contribution in [3.05, 3.63) is 18.0 Å². The predicted octanol–water partition coefficient (Wildman–Crippen LogP) is 2.56. The second-order valence-corrected chi connectivity index (χ2v) is 5.98. The first-order valence-corrected chi connectivity index (χ1v) is 7.61. The third-order valence-corrected chi connectivity index (χ3v) is 4.47. The number of likely N-dealkylation sites (N-methyl/N-ethyl adjacent to an activating group) is 1. The van der Waals surface area contributed by atoms with Crippen LogP contribution in [0.1, 0.15) is 57.7 Å². The second-order valence-electron chi connectivity index (χ2n) is 5.98. The number of hydrogen-bond donors (Lipinski definition) is 1. The van der Waals surface area contributed by atoms with Crippen LogP contribution in [0.5, 0.6) is 0 Å². The van der Waals surface area contributed by atoms with Crippen LogP contribution in [-0.4, -0.2) is 33.8 Å². The summed E-state index contributed by atoms with van der Waals surface area (Å²) in [6.07, 6.45) is 8.20. The van der Waals surface area contributed by atoms with Crippen molar-refractivity contribution in [2.45, 2.75) is 70.6 Å². The smallest absolute Gasteiger partial charge is 0.0764 e. The lowest BCUT2D eigenvalue weighted by molar-refractivity contribution is 0.160. The summed E-state index contributed by atoms with van der Waals surface area (Å²) in [4.78, 5) is 2.38. The molecule has 2 rings (SSSR count). The molecule has 2 N–H and O–H groups in total. The average Bonchev–Trinajstić information content (AvgIpc) is 2.86. The SMILES string of the molecule is CCC(C)n1ccc(CN(C)C2CCCCC2N)n1. The summed E-state index contributed by atoms with van der Waals surface area (Å²) in [5, 5.41) is 4.68. The molecule has 19 heavy (non-hydrogen) atoms. The van der Waals surface area contributed by atoms with Crippen LogP contribution in [0.3, 0.4) is 0 Å². The second kappa shape index (κ2) is 6.53. The lowest BCUT2D eigenvalue weighted by atomic mass is 9.90. The van der Waals surface area contributed by atoms with E-state index in [0.29, 0.717) is 18.1 Å². The molecule has 1 heterocycles. The van der Waals surface area contributed by atoms with Crippen molar-refractivity contribution in [2.75, 3.05) is 7.05 Å². The first kappa shape index (κ1) is 14.5. The van der Waals surface area contributed by atoms with Crippen molar-refractivity contribution in [3.8, 4) is 0 Å². The molecule has 0 aliphatic heterocycles. The molecular formula is C15H28N4. The Hall–Kier alpha value is -0.870. The van der Waals surface area contributed by atoms with Gasteiger partial charge in [-0.15, -0.1) is 0 Å². The highest BCUT2D eigenvalue weighted by atomic mass is 15.3. The Balaban J connectivity index is 1.94. The van der Waals surface area contributed by atoms with Crippen LogP contribution in [-0.2, 0) is 6.54 Å². The summed E-state index contributed by atoms with van der Waals surface area (Å²) in [7, 11) is 2.18. The van der Waals surface area contributed by atoms with Crippen LogP contribution in [0.15, 0.2) is 12.3 Å². The van der Waals surface area contributed by atoms with Gasteiger partial charge < -0.3 is 5.73 Å². The van der Waals surface area contributed by atoms with Gasteiger partial charge in [0.15, 0.2) is 0 Å². The summed E-state index contributed by atoms with van der Waals surface area (Å²) < 4.78 is 2.07. The van der Waals surface area contributed by atoms with Gasteiger partial charge >= 0.3 is 0 Å². The van der Waals surface area contributed by atoms with E-state index in [1.165, 1.54) is 19.3 Å². The Bertz CT molecular complexity index is 387. The quantitative estimate of drug-likeness (QED) is 0.889. The van der Waals surface area contributed by atoms with Crippen molar-refractivity contribution in [2.24, 2.45) is 5.73 Å². The summed E-state index contributed by atoms with van der Waals surface area (Å²) in [5.41, 5.74) is 7.39. The van der Waals surface area contributed by atoms with Gasteiger partial charge in [-0.3, -0.25) is 9.58 Å². The van der Waals surface area contributed by atoms with Gasteiger partial charge in [-0.2, -0.15) is 5.10 Å². The molecule has 3 atom stereocenters. The monoisotopic (exact) mass is 264 g/mol. The minimum Gasteiger partial charge on any atom is -0.326 e. The molecule has 0 saturated heterocycles. The molecule has 0 amide bonds. The first-order chi connectivity index (χ1) is 9.11. The van der Waals surface area contributed by atoms with Crippen molar-refractivity contribution in [1.82, 2.24) is 14.7 Å². The molecule has 1 aromatic rings. The van der Waals surface area contributed by atoms with Crippen molar-refractivity contribution in [1.29, 1.82) is 0 Å². The van der Waals surface area contributed by atoms with Crippen LogP contribution >= 0.6 is 0 Å². The number of aromatic nitrogens is 2. The van der Waals surface area contributed by atoms with Crippen LogP contribution < -0.4 is 5.73 Å². The molecule has 0 aromatic carbocycles. The highest BCUT2D eigenvalue weighted by Crippen LogP contribution is 2.22. The van der Waals surface area contributed by atoms with E-state index in [1.54, 1.807) is 0 Å². The lowest BCUT2D eigenvalue weighted by Crippen LogP contribution is -2.47. The lowest BCUT2D eigenvalue weighted by Gasteiger charge is -2.35. The van der Waals surface area contributed by atoms with Crippen molar-refractivity contribution < 1.29 is 0 Å². The predicted molar refractivity (Wildman–Crippen MR) is 78.9 cm³/mol. The number of hydrogen-bond acceptors (Lipinski definition) is 3. The molecule has 4 nitrogen and oxygen atoms in total. The summed E-state index contributed by atoms with van der Waals surface area (Å²) in [5.74, 6) is 0. The van der Waals surface area contributed by atoms with Crippen LogP contribution in [0.4, 0.5) is 0 Å². The summed E-state index contributed by atoms with van der Waals surface area (Å²) in [6.45, 7) is 5.30. The zero-order valence-electron chi connectivity index (χ0n) is 12.5. The van der Waals surface area contributed by atoms with Gasteiger partial charge in [-0.05, 0) is 39.3 Å². The van der Waals surface area contributed by atoms with E-state index >= 15 is 0 Å². The van der Waals surface area contributed by atoms with Gasteiger partial charge in [0.05, 0.1) is 5.69 Å². The Labute approximate surface area is 117 Å². The molecular weight excluding hydrogens is 236 g/mol. The van der Waals surface area contributed by atoms with Crippen LogP contribution in [0.2, 0.25) is 0 Å². The van der Waals surface area contributed by atoms with E-state index in [-0.39, 0.29) is 0 Å². The Morgan fingerprint density at radius 1 is 1.47 bits per heavy atom. The van der Waals surface area contributed by atoms with Crippen LogP contribution in [0.25, 0.3) is 0 Å². The molecule has 3 unspecified atom stereocenters. The summed E-state index contributed by atoms with van der Waals surface area (Å²) in [6, 6.07) is 3.46. The van der Waals surface area contributed by atoms with E-state index in [1.807, 2.05) is 0 Å². The first-order valence-electron chi connectivity index (χ1n) is 7.61. The molecule has 0 spiro atoms. The van der Waals surface area contributed by atoms with E-state index in [9.17, 15) is 0 Å². The zero-order chi connectivity index (χ0) is 13.8. The molecule has 1 aliphatic rings. The molecule has 0 radical (unpaired) electrons. The molecule has 0 bridgehead atoms. The zero-order valence-corrected chi connectivity index (χ0v) is 12.5. The van der Waals surface area contributed by atoms with Gasteiger partial charge in [0, 0.05) is 30.9 Å². The Morgan fingerprint density at radius 2 is 2.21 bits per heavy atom. The molecule has 4 heteroatoms. The molecule has 1 fully saturated rings. The highest BCUT2D eigenvalue weighted by Gasteiger charge is 2.25. The molecule has 1 saturated carbocycles. The fourth-order valence-corrected chi connectivity index (χ4v) is 2.95. The normalized spacial score (nSPS) is 25.7. The van der Waals surface area contributed by atoms with Crippen molar-refractivity contribution in [3.63, 3.8) is 0 Å². The van der Waals surface area contributed by atoms with E-state index < -0.39 is 0 Å². The largest absolute Gasteiger partial charge is 0.326 e. The van der Waals surface area contributed by atoms with Crippen molar-refractivity contribution >= 4 is 0 Å². The fourth-order valence-electron chi connectivity index (χ4n) is 2.95. The maximum atomic E-state index is 6.24. The molecule has 1 aliphatic carbocycles. The third-order valence-electron chi connectivity index (χ3n) is 4.47. The third kappa shape index (κ3) is 3.57. The fraction of sp³-hybridized carbons (Fsp3) is 0.800. The number of rotatable bonds is 5. The molecule has 108 valence electrons. The Morgan fingerprint density at radius 3 is 2.89 bits per heavy atom. The van der Waals surface area contributed by atoms with E-state index in [2.05, 4.69) is 47.8 Å². The number of nitrogens with zero attached hydrogens (tertiary/aromatic N) is 3. The van der Waals surface area contributed by atoms with E-state index in [4.69, 9.17) is 5.73 Å². The minimum atomic E-state index is 0.329. The maximum Gasteiger partial charge on any atom is 0.0764 e. The van der Waals surface area contributed by atoms with Gasteiger partial charge in [-0.1, -0.05) is 19.8 Å². The van der Waals surface area contributed by atoms with Gasteiger partial charge in [0.25, 0.3) is 0 Å². The standard InChI is InChI=1S/C15H28N4/c1-4-12(2)19-10-9-13(17-19)11-18(3)15-8-6-5-7-14(15)16/h9-10,12,14-15H,4-8,11,16H2,1-3H3. The Kier molecular flexibility index (Phi) is 4.99. The van der Waals surface area contributed by atoms with Gasteiger partial charge in [0.2, 0.25) is 0 Å². The highest BCUT2D eigenvalue weighted by molar-refractivity contribution is 5.00. The number of nitrogens with two attached hydrogens (primary N) is 1. The minimum absolute atomic E-state index is 0.329. The summed E-state index contributed by atoms with van der Waals surface area (Å²) >= 11 is 0. The van der Waals surface area contributed by atoms with Gasteiger partial charge in [0.1, 0.15) is 0 Å².